The van der Waals surface area contributed by atoms with Gasteiger partial charge in [-0.2, -0.15) is 0 Å². The standard InChI is InChI=1S/C17H22FN3O2.ClH/c18-17-13-7-8-19-10-12(13)5-6-14(17)20-15(22)11-21-9-3-1-2-4-16(21)23;/h5-6,19H,1-4,7-11H2,(H,20,22);1H. The van der Waals surface area contributed by atoms with Gasteiger partial charge in [-0.3, -0.25) is 9.59 Å². The average Bonchev–Trinajstić information content (AvgIpc) is 2.75. The number of hydrogen-bond donors (Lipinski definition) is 2. The highest BCUT2D eigenvalue weighted by Gasteiger charge is 2.21. The maximum atomic E-state index is 14.5. The van der Waals surface area contributed by atoms with Crippen molar-refractivity contribution in [2.24, 2.45) is 0 Å². The van der Waals surface area contributed by atoms with Crippen molar-refractivity contribution in [1.82, 2.24) is 10.2 Å². The molecule has 1 aromatic rings. The molecular formula is C17H23ClFN3O2. The van der Waals surface area contributed by atoms with Gasteiger partial charge in [-0.25, -0.2) is 4.39 Å². The molecular weight excluding hydrogens is 333 g/mol. The molecule has 2 amide bonds. The van der Waals surface area contributed by atoms with Crippen molar-refractivity contribution in [3.8, 4) is 0 Å². The van der Waals surface area contributed by atoms with Crippen LogP contribution in [0.15, 0.2) is 12.1 Å². The van der Waals surface area contributed by atoms with Gasteiger partial charge in [0.2, 0.25) is 11.8 Å². The van der Waals surface area contributed by atoms with Crippen LogP contribution in [-0.4, -0.2) is 36.3 Å². The summed E-state index contributed by atoms with van der Waals surface area (Å²) in [6.07, 6.45) is 3.92. The zero-order valence-electron chi connectivity index (χ0n) is 13.6. The molecule has 1 aromatic carbocycles. The molecule has 2 aliphatic rings. The minimum Gasteiger partial charge on any atom is -0.333 e. The molecule has 0 unspecified atom stereocenters. The van der Waals surface area contributed by atoms with Gasteiger partial charge in [0.15, 0.2) is 0 Å². The number of hydrogen-bond acceptors (Lipinski definition) is 3. The Balaban J connectivity index is 0.00000208. The first kappa shape index (κ1) is 18.7. The molecule has 2 aliphatic heterocycles. The van der Waals surface area contributed by atoms with Crippen molar-refractivity contribution < 1.29 is 14.0 Å². The number of nitrogens with one attached hydrogen (secondary N) is 2. The number of rotatable bonds is 3. The van der Waals surface area contributed by atoms with Gasteiger partial charge in [-0.05, 0) is 43.0 Å². The fourth-order valence-corrected chi connectivity index (χ4v) is 3.20. The van der Waals surface area contributed by atoms with Crippen LogP contribution >= 0.6 is 12.4 Å². The summed E-state index contributed by atoms with van der Waals surface area (Å²) >= 11 is 0. The number of benzene rings is 1. The van der Waals surface area contributed by atoms with Crippen LogP contribution in [0.3, 0.4) is 0 Å². The molecule has 0 radical (unpaired) electrons. The summed E-state index contributed by atoms with van der Waals surface area (Å²) in [5, 5.41) is 5.82. The van der Waals surface area contributed by atoms with E-state index in [4.69, 9.17) is 0 Å². The molecule has 5 nitrogen and oxygen atoms in total. The lowest BCUT2D eigenvalue weighted by molar-refractivity contribution is -0.134. The van der Waals surface area contributed by atoms with E-state index in [2.05, 4.69) is 10.6 Å². The summed E-state index contributed by atoms with van der Waals surface area (Å²) in [5.74, 6) is -0.679. The summed E-state index contributed by atoms with van der Waals surface area (Å²) in [7, 11) is 0. The van der Waals surface area contributed by atoms with Crippen LogP contribution in [0, 0.1) is 5.82 Å². The Bertz CT molecular complexity index is 624. The lowest BCUT2D eigenvalue weighted by Gasteiger charge is -2.21. The Morgan fingerprint density at radius 1 is 1.25 bits per heavy atom. The van der Waals surface area contributed by atoms with Crippen molar-refractivity contribution in [3.63, 3.8) is 0 Å². The number of carbonyl (C=O) groups is 2. The molecule has 3 rings (SSSR count). The molecule has 1 fully saturated rings. The van der Waals surface area contributed by atoms with Crippen LogP contribution in [0.25, 0.3) is 0 Å². The average molecular weight is 356 g/mol. The highest BCUT2D eigenvalue weighted by atomic mass is 35.5. The Kier molecular flexibility index (Phi) is 6.57. The summed E-state index contributed by atoms with van der Waals surface area (Å²) in [6.45, 7) is 1.99. The predicted molar refractivity (Wildman–Crippen MR) is 92.7 cm³/mol. The number of halogens is 2. The third-order valence-corrected chi connectivity index (χ3v) is 4.49. The molecule has 2 heterocycles. The normalized spacial score (nSPS) is 17.5. The SMILES string of the molecule is Cl.O=C(CN1CCCCCC1=O)Nc1ccc2c(c1F)CCNC2. The molecule has 132 valence electrons. The largest absolute Gasteiger partial charge is 0.333 e. The number of nitrogens with zero attached hydrogens (tertiary/aromatic N) is 1. The summed E-state index contributed by atoms with van der Waals surface area (Å²) in [4.78, 5) is 25.7. The van der Waals surface area contributed by atoms with E-state index in [0.29, 0.717) is 31.5 Å². The van der Waals surface area contributed by atoms with Gasteiger partial charge in [0.1, 0.15) is 5.82 Å². The van der Waals surface area contributed by atoms with Gasteiger partial charge < -0.3 is 15.5 Å². The van der Waals surface area contributed by atoms with E-state index in [-0.39, 0.29) is 42.3 Å². The number of anilines is 1. The number of amides is 2. The van der Waals surface area contributed by atoms with Crippen molar-refractivity contribution in [1.29, 1.82) is 0 Å². The van der Waals surface area contributed by atoms with E-state index >= 15 is 0 Å². The van der Waals surface area contributed by atoms with Crippen LogP contribution in [0.5, 0.6) is 0 Å². The zero-order valence-corrected chi connectivity index (χ0v) is 14.4. The van der Waals surface area contributed by atoms with Gasteiger partial charge in [-0.15, -0.1) is 12.4 Å². The van der Waals surface area contributed by atoms with Crippen molar-refractivity contribution in [3.05, 3.63) is 29.1 Å². The Morgan fingerprint density at radius 2 is 2.08 bits per heavy atom. The van der Waals surface area contributed by atoms with Crippen LogP contribution in [0.2, 0.25) is 0 Å². The summed E-state index contributed by atoms with van der Waals surface area (Å²) in [5.41, 5.74) is 1.82. The monoisotopic (exact) mass is 355 g/mol. The highest BCUT2D eigenvalue weighted by molar-refractivity contribution is 5.94. The molecule has 0 aliphatic carbocycles. The fourth-order valence-electron chi connectivity index (χ4n) is 3.20. The summed E-state index contributed by atoms with van der Waals surface area (Å²) in [6, 6.07) is 3.45. The Labute approximate surface area is 147 Å². The van der Waals surface area contributed by atoms with Gasteiger partial charge in [0.25, 0.3) is 0 Å². The van der Waals surface area contributed by atoms with Crippen LogP contribution < -0.4 is 10.6 Å². The van der Waals surface area contributed by atoms with Crippen LogP contribution in [0.1, 0.15) is 36.8 Å². The van der Waals surface area contributed by atoms with E-state index in [1.54, 1.807) is 11.0 Å². The lowest BCUT2D eigenvalue weighted by atomic mass is 9.99. The van der Waals surface area contributed by atoms with E-state index in [1.807, 2.05) is 6.07 Å². The molecule has 7 heteroatoms. The number of carbonyl (C=O) groups excluding carboxylic acids is 2. The molecule has 0 atom stereocenters. The second kappa shape index (κ2) is 8.44. The molecule has 0 spiro atoms. The first-order valence-electron chi connectivity index (χ1n) is 8.24. The van der Waals surface area contributed by atoms with Crippen molar-refractivity contribution in [2.45, 2.75) is 38.6 Å². The molecule has 24 heavy (non-hydrogen) atoms. The number of likely N-dealkylation sites (tertiary alicyclic amines) is 1. The summed E-state index contributed by atoms with van der Waals surface area (Å²) < 4.78 is 14.5. The van der Waals surface area contributed by atoms with E-state index in [1.165, 1.54) is 0 Å². The van der Waals surface area contributed by atoms with E-state index in [9.17, 15) is 14.0 Å². The molecule has 0 bridgehead atoms. The first-order valence-corrected chi connectivity index (χ1v) is 8.24. The lowest BCUT2D eigenvalue weighted by Crippen LogP contribution is -2.37. The zero-order chi connectivity index (χ0) is 16.2. The third kappa shape index (κ3) is 4.24. The van der Waals surface area contributed by atoms with Gasteiger partial charge in [0, 0.05) is 19.5 Å². The minimum atomic E-state index is -0.348. The molecule has 2 N–H and O–H groups in total. The smallest absolute Gasteiger partial charge is 0.244 e. The Morgan fingerprint density at radius 3 is 2.92 bits per heavy atom. The van der Waals surface area contributed by atoms with Crippen LogP contribution in [0.4, 0.5) is 10.1 Å². The number of fused-ring (bicyclic) bond motifs is 1. The first-order chi connectivity index (χ1) is 11.1. The van der Waals surface area contributed by atoms with Crippen molar-refractivity contribution in [2.75, 3.05) is 25.0 Å². The quantitative estimate of drug-likeness (QED) is 0.874. The second-order valence-corrected chi connectivity index (χ2v) is 6.17. The molecule has 1 saturated heterocycles. The van der Waals surface area contributed by atoms with Gasteiger partial charge >= 0.3 is 0 Å². The molecule has 0 aromatic heterocycles. The minimum absolute atomic E-state index is 0. The van der Waals surface area contributed by atoms with E-state index in [0.717, 1.165) is 31.4 Å². The fraction of sp³-hybridized carbons (Fsp3) is 0.529. The van der Waals surface area contributed by atoms with Gasteiger partial charge in [0.05, 0.1) is 12.2 Å². The van der Waals surface area contributed by atoms with Gasteiger partial charge in [-0.1, -0.05) is 12.5 Å². The Hall–Kier alpha value is -1.66. The highest BCUT2D eigenvalue weighted by Crippen LogP contribution is 2.24. The van der Waals surface area contributed by atoms with Crippen LogP contribution in [-0.2, 0) is 22.6 Å². The topological polar surface area (TPSA) is 61.4 Å². The predicted octanol–water partition coefficient (Wildman–Crippen LogP) is 2.23. The second-order valence-electron chi connectivity index (χ2n) is 6.17. The third-order valence-electron chi connectivity index (χ3n) is 4.49. The molecule has 0 saturated carbocycles. The van der Waals surface area contributed by atoms with Crippen molar-refractivity contribution >= 4 is 29.9 Å². The van der Waals surface area contributed by atoms with E-state index < -0.39 is 0 Å². The maximum absolute atomic E-state index is 14.5. The maximum Gasteiger partial charge on any atom is 0.244 e.